The molecule has 0 amide bonds. The van der Waals surface area contributed by atoms with Crippen molar-refractivity contribution < 1.29 is 9.84 Å². The number of aliphatic hydroxyl groups excluding tert-OH is 1. The van der Waals surface area contributed by atoms with E-state index in [1.807, 2.05) is 0 Å². The maximum Gasteiger partial charge on any atom is 0.0805 e. The molecule has 0 aromatic rings. The number of nitrogens with two attached hydrogens (primary N) is 1. The van der Waals surface area contributed by atoms with Gasteiger partial charge in [-0.3, -0.25) is 0 Å². The molecule has 0 spiro atoms. The number of hydrogen-bond donors (Lipinski definition) is 2. The highest BCUT2D eigenvalue weighted by atomic mass is 16.5. The van der Waals surface area contributed by atoms with E-state index in [4.69, 9.17) is 15.6 Å². The Morgan fingerprint density at radius 3 is 2.80 bits per heavy atom. The van der Waals surface area contributed by atoms with Crippen LogP contribution in [0.1, 0.15) is 45.4 Å². The smallest absolute Gasteiger partial charge is 0.0805 e. The summed E-state index contributed by atoms with van der Waals surface area (Å²) >= 11 is 0. The molecule has 1 aliphatic rings. The Labute approximate surface area is 93.0 Å². The lowest BCUT2D eigenvalue weighted by molar-refractivity contribution is -0.0618. The van der Waals surface area contributed by atoms with Gasteiger partial charge >= 0.3 is 0 Å². The van der Waals surface area contributed by atoms with E-state index in [2.05, 4.69) is 6.92 Å². The molecule has 1 rings (SSSR count). The van der Waals surface area contributed by atoms with Crippen molar-refractivity contribution in [2.75, 3.05) is 19.8 Å². The molecule has 1 aliphatic carbocycles. The van der Waals surface area contributed by atoms with Crippen LogP contribution in [0, 0.1) is 5.92 Å². The molecule has 3 N–H and O–H groups in total. The normalized spacial score (nSPS) is 32.6. The Morgan fingerprint density at radius 2 is 2.20 bits per heavy atom. The number of hydrogen-bond acceptors (Lipinski definition) is 3. The number of ether oxygens (including phenoxy) is 1. The standard InChI is InChI=1S/C12H25NO2/c1-2-11-4-3-6-12(10-13,7-5-11)15-9-8-14/h11,14H,2-10,13H2,1H3. The summed E-state index contributed by atoms with van der Waals surface area (Å²) in [6.45, 7) is 3.37. The molecule has 0 radical (unpaired) electrons. The first-order chi connectivity index (χ1) is 7.26. The summed E-state index contributed by atoms with van der Waals surface area (Å²) in [4.78, 5) is 0. The molecule has 0 heterocycles. The lowest BCUT2D eigenvalue weighted by Gasteiger charge is -2.31. The van der Waals surface area contributed by atoms with Crippen LogP contribution in [-0.2, 0) is 4.74 Å². The zero-order valence-electron chi connectivity index (χ0n) is 9.87. The Hall–Kier alpha value is -0.120. The third-order valence-electron chi connectivity index (χ3n) is 3.70. The zero-order chi connectivity index (χ0) is 11.1. The highest BCUT2D eigenvalue weighted by molar-refractivity contribution is 4.86. The highest BCUT2D eigenvalue weighted by Crippen LogP contribution is 2.33. The monoisotopic (exact) mass is 215 g/mol. The summed E-state index contributed by atoms with van der Waals surface area (Å²) in [5.74, 6) is 0.844. The zero-order valence-corrected chi connectivity index (χ0v) is 9.87. The Bertz CT molecular complexity index is 175. The predicted molar refractivity (Wildman–Crippen MR) is 61.7 cm³/mol. The van der Waals surface area contributed by atoms with Crippen molar-refractivity contribution in [1.82, 2.24) is 0 Å². The average molecular weight is 215 g/mol. The van der Waals surface area contributed by atoms with Crippen LogP contribution in [0.5, 0.6) is 0 Å². The molecule has 3 nitrogen and oxygen atoms in total. The van der Waals surface area contributed by atoms with Crippen LogP contribution in [-0.4, -0.2) is 30.5 Å². The van der Waals surface area contributed by atoms with Crippen molar-refractivity contribution in [2.24, 2.45) is 11.7 Å². The van der Waals surface area contributed by atoms with Crippen LogP contribution in [0.4, 0.5) is 0 Å². The molecule has 1 fully saturated rings. The van der Waals surface area contributed by atoms with Crippen LogP contribution in [0.2, 0.25) is 0 Å². The first kappa shape index (κ1) is 12.9. The van der Waals surface area contributed by atoms with Gasteiger partial charge < -0.3 is 15.6 Å². The minimum Gasteiger partial charge on any atom is -0.394 e. The summed E-state index contributed by atoms with van der Waals surface area (Å²) in [7, 11) is 0. The number of rotatable bonds is 5. The Kier molecular flexibility index (Phi) is 5.58. The molecule has 1 saturated carbocycles. The van der Waals surface area contributed by atoms with Gasteiger partial charge in [-0.25, -0.2) is 0 Å². The topological polar surface area (TPSA) is 55.5 Å². The van der Waals surface area contributed by atoms with Crippen LogP contribution in [0.3, 0.4) is 0 Å². The van der Waals surface area contributed by atoms with E-state index < -0.39 is 0 Å². The van der Waals surface area contributed by atoms with Gasteiger partial charge in [0.25, 0.3) is 0 Å². The molecule has 2 atom stereocenters. The average Bonchev–Trinajstić information content (AvgIpc) is 2.49. The Morgan fingerprint density at radius 1 is 1.40 bits per heavy atom. The van der Waals surface area contributed by atoms with Crippen LogP contribution < -0.4 is 5.73 Å². The van der Waals surface area contributed by atoms with Crippen LogP contribution >= 0.6 is 0 Å². The molecular formula is C12H25NO2. The van der Waals surface area contributed by atoms with Crippen LogP contribution in [0.25, 0.3) is 0 Å². The van der Waals surface area contributed by atoms with E-state index in [-0.39, 0.29) is 12.2 Å². The second-order valence-corrected chi connectivity index (χ2v) is 4.66. The second-order valence-electron chi connectivity index (χ2n) is 4.66. The molecule has 0 aliphatic heterocycles. The SMILES string of the molecule is CCC1CCCC(CN)(OCCO)CC1. The fourth-order valence-electron chi connectivity index (χ4n) is 2.53. The van der Waals surface area contributed by atoms with Crippen LogP contribution in [0.15, 0.2) is 0 Å². The summed E-state index contributed by atoms with van der Waals surface area (Å²) in [6.07, 6.45) is 7.11. The van der Waals surface area contributed by atoms with Gasteiger partial charge in [0.05, 0.1) is 18.8 Å². The summed E-state index contributed by atoms with van der Waals surface area (Å²) in [6, 6.07) is 0. The third-order valence-corrected chi connectivity index (χ3v) is 3.70. The maximum absolute atomic E-state index is 8.81. The van der Waals surface area contributed by atoms with E-state index in [0.717, 1.165) is 18.8 Å². The quantitative estimate of drug-likeness (QED) is 0.686. The highest BCUT2D eigenvalue weighted by Gasteiger charge is 2.32. The van der Waals surface area contributed by atoms with Gasteiger partial charge in [-0.2, -0.15) is 0 Å². The van der Waals surface area contributed by atoms with E-state index >= 15 is 0 Å². The molecule has 0 saturated heterocycles. The minimum absolute atomic E-state index is 0.0962. The third kappa shape index (κ3) is 3.74. The molecule has 15 heavy (non-hydrogen) atoms. The van der Waals surface area contributed by atoms with Gasteiger partial charge in [0, 0.05) is 6.54 Å². The Balaban J connectivity index is 2.49. The van der Waals surface area contributed by atoms with Gasteiger partial charge in [0.15, 0.2) is 0 Å². The van der Waals surface area contributed by atoms with Crippen molar-refractivity contribution in [2.45, 2.75) is 51.0 Å². The molecule has 0 bridgehead atoms. The van der Waals surface area contributed by atoms with Crippen molar-refractivity contribution in [3.8, 4) is 0 Å². The summed E-state index contributed by atoms with van der Waals surface area (Å²) in [5.41, 5.74) is 5.68. The lowest BCUT2D eigenvalue weighted by atomic mass is 9.93. The van der Waals surface area contributed by atoms with Crippen molar-refractivity contribution in [3.63, 3.8) is 0 Å². The van der Waals surface area contributed by atoms with Gasteiger partial charge in [0.2, 0.25) is 0 Å². The summed E-state index contributed by atoms with van der Waals surface area (Å²) in [5, 5.41) is 8.81. The molecule has 90 valence electrons. The van der Waals surface area contributed by atoms with Gasteiger partial charge in [-0.15, -0.1) is 0 Å². The fraction of sp³-hybridized carbons (Fsp3) is 1.00. The van der Waals surface area contributed by atoms with Crippen molar-refractivity contribution in [3.05, 3.63) is 0 Å². The van der Waals surface area contributed by atoms with Gasteiger partial charge in [0.1, 0.15) is 0 Å². The van der Waals surface area contributed by atoms with E-state index in [9.17, 15) is 0 Å². The molecule has 0 aromatic heterocycles. The van der Waals surface area contributed by atoms with E-state index in [1.54, 1.807) is 0 Å². The van der Waals surface area contributed by atoms with E-state index in [1.165, 1.54) is 25.7 Å². The molecule has 2 unspecified atom stereocenters. The van der Waals surface area contributed by atoms with Gasteiger partial charge in [-0.1, -0.05) is 26.2 Å². The first-order valence-electron chi connectivity index (χ1n) is 6.21. The molecule has 0 aromatic carbocycles. The first-order valence-corrected chi connectivity index (χ1v) is 6.21. The maximum atomic E-state index is 8.81. The molecular weight excluding hydrogens is 190 g/mol. The molecule has 3 heteroatoms. The summed E-state index contributed by atoms with van der Waals surface area (Å²) < 4.78 is 5.77. The fourth-order valence-corrected chi connectivity index (χ4v) is 2.53. The largest absolute Gasteiger partial charge is 0.394 e. The van der Waals surface area contributed by atoms with E-state index in [0.29, 0.717) is 13.2 Å². The minimum atomic E-state index is -0.146. The second kappa shape index (κ2) is 6.46. The van der Waals surface area contributed by atoms with Crippen molar-refractivity contribution in [1.29, 1.82) is 0 Å². The van der Waals surface area contributed by atoms with Crippen molar-refractivity contribution >= 4 is 0 Å². The number of aliphatic hydroxyl groups is 1. The lowest BCUT2D eigenvalue weighted by Crippen LogP contribution is -2.41. The predicted octanol–water partition coefficient (Wildman–Crippen LogP) is 1.68. The van der Waals surface area contributed by atoms with Gasteiger partial charge in [-0.05, 0) is 25.2 Å².